The third kappa shape index (κ3) is 4.55. The summed E-state index contributed by atoms with van der Waals surface area (Å²) in [6.45, 7) is 3.25. The van der Waals surface area contributed by atoms with E-state index in [2.05, 4.69) is 10.2 Å². The highest BCUT2D eigenvalue weighted by Crippen LogP contribution is 2.44. The zero-order valence-corrected chi connectivity index (χ0v) is 14.6. The molecule has 3 rings (SSSR count). The third-order valence-corrected chi connectivity index (χ3v) is 4.77. The first kappa shape index (κ1) is 19.3. The highest BCUT2D eigenvalue weighted by Gasteiger charge is 2.39. The molecule has 1 saturated heterocycles. The van der Waals surface area contributed by atoms with E-state index in [0.29, 0.717) is 11.5 Å². The number of hydrogen-bond donors (Lipinski definition) is 1. The number of ether oxygens (including phenoxy) is 1. The summed E-state index contributed by atoms with van der Waals surface area (Å²) in [5.74, 6) is 0.824. The van der Waals surface area contributed by atoms with Crippen LogP contribution in [0.25, 0.3) is 0 Å². The number of nitrogens with one attached hydrogen (secondary N) is 1. The largest absolute Gasteiger partial charge is 0.497 e. The quantitative estimate of drug-likeness (QED) is 0.858. The molecule has 2 fully saturated rings. The van der Waals surface area contributed by atoms with Crippen molar-refractivity contribution in [3.05, 3.63) is 29.3 Å². The van der Waals surface area contributed by atoms with Crippen molar-refractivity contribution in [1.82, 2.24) is 10.2 Å². The molecule has 1 saturated carbocycles. The molecular formula is C17H24ClF3N2O. The standard InChI is InChI=1S/C17H23F3N2O.ClH/c1-23-13-4-5-14(15(11-13)17(18,19)20)16(10-12-2-3-12)22-8-6-21-7-9-22;/h4-5,11-12,16,21H,2-3,6-10H2,1H3;1H/t16-;/m1./s1. The number of alkyl halides is 3. The third-order valence-electron chi connectivity index (χ3n) is 4.77. The molecule has 0 unspecified atom stereocenters. The van der Waals surface area contributed by atoms with Crippen molar-refractivity contribution in [3.63, 3.8) is 0 Å². The zero-order valence-electron chi connectivity index (χ0n) is 13.7. The minimum Gasteiger partial charge on any atom is -0.497 e. The summed E-state index contributed by atoms with van der Waals surface area (Å²) < 4.78 is 45.7. The molecular weight excluding hydrogens is 341 g/mol. The Bertz CT molecular complexity index is 543. The van der Waals surface area contributed by atoms with Crippen LogP contribution in [-0.2, 0) is 6.18 Å². The van der Waals surface area contributed by atoms with Crippen molar-refractivity contribution in [2.45, 2.75) is 31.5 Å². The smallest absolute Gasteiger partial charge is 0.416 e. The van der Waals surface area contributed by atoms with Gasteiger partial charge in [-0.25, -0.2) is 0 Å². The summed E-state index contributed by atoms with van der Waals surface area (Å²) in [4.78, 5) is 2.20. The maximum absolute atomic E-state index is 13.6. The first-order valence-electron chi connectivity index (χ1n) is 8.19. The van der Waals surface area contributed by atoms with Gasteiger partial charge in [0, 0.05) is 32.2 Å². The summed E-state index contributed by atoms with van der Waals surface area (Å²) in [5, 5.41) is 3.27. The van der Waals surface area contributed by atoms with Gasteiger partial charge in [0.25, 0.3) is 0 Å². The lowest BCUT2D eigenvalue weighted by atomic mass is 9.93. The zero-order chi connectivity index (χ0) is 16.4. The van der Waals surface area contributed by atoms with Crippen LogP contribution >= 0.6 is 12.4 Å². The van der Waals surface area contributed by atoms with E-state index in [1.54, 1.807) is 12.1 Å². The van der Waals surface area contributed by atoms with Crippen molar-refractivity contribution in [2.24, 2.45) is 5.92 Å². The Balaban J connectivity index is 0.00000208. The van der Waals surface area contributed by atoms with Gasteiger partial charge < -0.3 is 10.1 Å². The summed E-state index contributed by atoms with van der Waals surface area (Å²) in [6.07, 6.45) is -1.27. The fourth-order valence-electron chi connectivity index (χ4n) is 3.33. The number of benzene rings is 1. The van der Waals surface area contributed by atoms with Crippen LogP contribution in [0, 0.1) is 5.92 Å². The van der Waals surface area contributed by atoms with E-state index in [1.165, 1.54) is 7.11 Å². The van der Waals surface area contributed by atoms with E-state index in [9.17, 15) is 13.2 Å². The number of piperazine rings is 1. The lowest BCUT2D eigenvalue weighted by Crippen LogP contribution is -2.45. The van der Waals surface area contributed by atoms with Crippen molar-refractivity contribution in [1.29, 1.82) is 0 Å². The number of halogens is 4. The SMILES string of the molecule is COc1ccc([C@@H](CC2CC2)N2CCNCC2)c(C(F)(F)F)c1.Cl. The first-order chi connectivity index (χ1) is 11.0. The van der Waals surface area contributed by atoms with Crippen LogP contribution in [0.15, 0.2) is 18.2 Å². The Hall–Kier alpha value is -0.980. The molecule has 0 aromatic heterocycles. The average molecular weight is 365 g/mol. The van der Waals surface area contributed by atoms with Crippen LogP contribution in [0.1, 0.15) is 36.4 Å². The molecule has 1 atom stereocenters. The molecule has 0 radical (unpaired) electrons. The van der Waals surface area contributed by atoms with Gasteiger partial charge in [0.1, 0.15) is 5.75 Å². The van der Waals surface area contributed by atoms with Gasteiger partial charge in [-0.3, -0.25) is 4.90 Å². The summed E-state index contributed by atoms with van der Waals surface area (Å²) in [5.41, 5.74) is -0.159. The van der Waals surface area contributed by atoms with E-state index in [1.807, 2.05) is 0 Å². The minimum atomic E-state index is -4.36. The molecule has 3 nitrogen and oxygen atoms in total. The minimum absolute atomic E-state index is 0. The molecule has 1 aliphatic carbocycles. The van der Waals surface area contributed by atoms with Gasteiger partial charge in [-0.15, -0.1) is 12.4 Å². The van der Waals surface area contributed by atoms with E-state index < -0.39 is 11.7 Å². The normalized spacial score (nSPS) is 20.3. The van der Waals surface area contributed by atoms with Crippen LogP contribution in [-0.4, -0.2) is 38.2 Å². The Kier molecular flexibility index (Phi) is 6.39. The molecule has 0 amide bonds. The van der Waals surface area contributed by atoms with Crippen molar-refractivity contribution in [2.75, 3.05) is 33.3 Å². The molecule has 1 aromatic carbocycles. The van der Waals surface area contributed by atoms with Crippen LogP contribution in [0.3, 0.4) is 0 Å². The second-order valence-corrected chi connectivity index (χ2v) is 6.43. The van der Waals surface area contributed by atoms with E-state index in [4.69, 9.17) is 4.74 Å². The summed E-state index contributed by atoms with van der Waals surface area (Å²) in [6, 6.07) is 4.23. The van der Waals surface area contributed by atoms with Gasteiger partial charge in [-0.05, 0) is 30.0 Å². The number of hydrogen-bond acceptors (Lipinski definition) is 3. The maximum Gasteiger partial charge on any atom is 0.416 e. The van der Waals surface area contributed by atoms with Gasteiger partial charge in [0.05, 0.1) is 12.7 Å². The lowest BCUT2D eigenvalue weighted by molar-refractivity contribution is -0.139. The molecule has 2 aliphatic rings. The monoisotopic (exact) mass is 364 g/mol. The first-order valence-corrected chi connectivity index (χ1v) is 8.19. The van der Waals surface area contributed by atoms with Crippen LogP contribution in [0.5, 0.6) is 5.75 Å². The molecule has 1 aliphatic heterocycles. The van der Waals surface area contributed by atoms with Crippen LogP contribution in [0.2, 0.25) is 0 Å². The average Bonchev–Trinajstić information content (AvgIpc) is 3.36. The van der Waals surface area contributed by atoms with Crippen molar-refractivity contribution in [3.8, 4) is 5.75 Å². The van der Waals surface area contributed by atoms with Crippen LogP contribution < -0.4 is 10.1 Å². The molecule has 1 N–H and O–H groups in total. The van der Waals surface area contributed by atoms with Crippen LogP contribution in [0.4, 0.5) is 13.2 Å². The van der Waals surface area contributed by atoms with Gasteiger partial charge in [0.15, 0.2) is 0 Å². The van der Waals surface area contributed by atoms with Crippen molar-refractivity contribution >= 4 is 12.4 Å². The summed E-state index contributed by atoms with van der Waals surface area (Å²) in [7, 11) is 1.40. The lowest BCUT2D eigenvalue weighted by Gasteiger charge is -2.36. The summed E-state index contributed by atoms with van der Waals surface area (Å²) >= 11 is 0. The highest BCUT2D eigenvalue weighted by molar-refractivity contribution is 5.85. The topological polar surface area (TPSA) is 24.5 Å². The number of rotatable bonds is 5. The molecule has 0 bridgehead atoms. The van der Waals surface area contributed by atoms with E-state index in [-0.39, 0.29) is 24.2 Å². The fraction of sp³-hybridized carbons (Fsp3) is 0.647. The Morgan fingerprint density at radius 2 is 1.92 bits per heavy atom. The van der Waals surface area contributed by atoms with E-state index >= 15 is 0 Å². The maximum atomic E-state index is 13.6. The highest BCUT2D eigenvalue weighted by atomic mass is 35.5. The van der Waals surface area contributed by atoms with E-state index in [0.717, 1.165) is 51.5 Å². The van der Waals surface area contributed by atoms with Crippen molar-refractivity contribution < 1.29 is 17.9 Å². The molecule has 136 valence electrons. The number of methoxy groups -OCH3 is 1. The molecule has 24 heavy (non-hydrogen) atoms. The Labute approximate surface area is 147 Å². The molecule has 1 heterocycles. The van der Waals surface area contributed by atoms with Gasteiger partial charge in [0.2, 0.25) is 0 Å². The second kappa shape index (κ2) is 7.93. The Morgan fingerprint density at radius 1 is 1.25 bits per heavy atom. The molecule has 1 aromatic rings. The Morgan fingerprint density at radius 3 is 2.46 bits per heavy atom. The van der Waals surface area contributed by atoms with Gasteiger partial charge in [-0.2, -0.15) is 13.2 Å². The molecule has 7 heteroatoms. The second-order valence-electron chi connectivity index (χ2n) is 6.43. The van der Waals surface area contributed by atoms with Gasteiger partial charge in [-0.1, -0.05) is 18.9 Å². The fourth-order valence-corrected chi connectivity index (χ4v) is 3.33. The number of nitrogens with zero attached hydrogens (tertiary/aromatic N) is 1. The van der Waals surface area contributed by atoms with Gasteiger partial charge >= 0.3 is 6.18 Å². The predicted octanol–water partition coefficient (Wildman–Crippen LogP) is 3.88. The molecule has 0 spiro atoms. The predicted molar refractivity (Wildman–Crippen MR) is 89.8 cm³/mol.